The Bertz CT molecular complexity index is 1350. The minimum Gasteiger partial charge on any atom is -0.493 e. The van der Waals surface area contributed by atoms with Gasteiger partial charge >= 0.3 is 0 Å². The fraction of sp³-hybridized carbons (Fsp3) is 0.227. The Morgan fingerprint density at radius 1 is 1.09 bits per heavy atom. The molecule has 33 heavy (non-hydrogen) atoms. The van der Waals surface area contributed by atoms with Gasteiger partial charge in [-0.2, -0.15) is 0 Å². The predicted octanol–water partition coefficient (Wildman–Crippen LogP) is 4.31. The first-order chi connectivity index (χ1) is 16.1. The van der Waals surface area contributed by atoms with Crippen molar-refractivity contribution < 1.29 is 18.9 Å². The molecule has 1 aliphatic rings. The molecule has 5 rings (SSSR count). The smallest absolute Gasteiger partial charge is 0.231 e. The van der Waals surface area contributed by atoms with Gasteiger partial charge in [0, 0.05) is 15.9 Å². The highest BCUT2D eigenvalue weighted by Gasteiger charge is 2.21. The molecule has 0 spiro atoms. The average molecular weight is 530 g/mol. The van der Waals surface area contributed by atoms with Crippen molar-refractivity contribution in [3.63, 3.8) is 0 Å². The lowest BCUT2D eigenvalue weighted by atomic mass is 10.1. The quantitative estimate of drug-likeness (QED) is 0.374. The summed E-state index contributed by atoms with van der Waals surface area (Å²) >= 11 is 5.12. The second-order valence-electron chi connectivity index (χ2n) is 7.15. The minimum atomic E-state index is 0.214. The third kappa shape index (κ3) is 4.13. The minimum absolute atomic E-state index is 0.214. The highest BCUT2D eigenvalue weighted by Crippen LogP contribution is 2.43. The number of aryl methyl sites for hydroxylation is 2. The van der Waals surface area contributed by atoms with E-state index in [4.69, 9.17) is 29.7 Å². The maximum Gasteiger partial charge on any atom is 0.231 e. The zero-order chi connectivity index (χ0) is 22.9. The third-order valence-electron chi connectivity index (χ3n) is 5.23. The van der Waals surface area contributed by atoms with Crippen molar-refractivity contribution in [1.29, 1.82) is 0 Å². The molecular weight excluding hydrogens is 510 g/mol. The van der Waals surface area contributed by atoms with Gasteiger partial charge in [0.25, 0.3) is 0 Å². The zero-order valence-corrected chi connectivity index (χ0v) is 20.3. The Morgan fingerprint density at radius 2 is 1.88 bits per heavy atom. The van der Waals surface area contributed by atoms with Crippen molar-refractivity contribution in [2.75, 3.05) is 26.7 Å². The van der Waals surface area contributed by atoms with E-state index in [1.165, 1.54) is 18.1 Å². The largest absolute Gasteiger partial charge is 0.493 e. The van der Waals surface area contributed by atoms with E-state index >= 15 is 0 Å². The van der Waals surface area contributed by atoms with E-state index in [2.05, 4.69) is 25.9 Å². The molecule has 0 aliphatic carbocycles. The molecule has 11 heteroatoms. The molecule has 0 atom stereocenters. The number of hydrogen-bond donors (Lipinski definition) is 1. The van der Waals surface area contributed by atoms with E-state index < -0.39 is 0 Å². The third-order valence-corrected chi connectivity index (χ3v) is 7.20. The van der Waals surface area contributed by atoms with E-state index in [-0.39, 0.29) is 6.79 Å². The van der Waals surface area contributed by atoms with Crippen molar-refractivity contribution in [3.05, 3.63) is 46.7 Å². The van der Waals surface area contributed by atoms with Gasteiger partial charge in [-0.15, -0.1) is 0 Å². The van der Waals surface area contributed by atoms with Gasteiger partial charge in [0.1, 0.15) is 6.33 Å². The number of ether oxygens (including phenoxy) is 4. The molecule has 0 fully saturated rings. The van der Waals surface area contributed by atoms with Crippen molar-refractivity contribution in [2.24, 2.45) is 0 Å². The number of imidazole rings is 1. The molecule has 0 bridgehead atoms. The van der Waals surface area contributed by atoms with Crippen LogP contribution in [0, 0.1) is 0 Å². The van der Waals surface area contributed by atoms with Gasteiger partial charge in [-0.3, -0.25) is 0 Å². The number of methoxy groups -OCH3 is 2. The topological polar surface area (TPSA) is 107 Å². The molecule has 0 radical (unpaired) electrons. The molecule has 170 valence electrons. The molecule has 0 unspecified atom stereocenters. The summed E-state index contributed by atoms with van der Waals surface area (Å²) in [6, 6.07) is 9.73. The Hall–Kier alpha value is -3.18. The van der Waals surface area contributed by atoms with Crippen LogP contribution in [0.5, 0.6) is 23.0 Å². The molecule has 9 nitrogen and oxygen atoms in total. The van der Waals surface area contributed by atoms with Crippen LogP contribution in [-0.4, -0.2) is 40.5 Å². The zero-order valence-electron chi connectivity index (χ0n) is 17.9. The van der Waals surface area contributed by atoms with Crippen LogP contribution in [0.3, 0.4) is 0 Å². The molecule has 3 heterocycles. The van der Waals surface area contributed by atoms with E-state index in [0.29, 0.717) is 46.5 Å². The normalized spacial score (nSPS) is 12.3. The average Bonchev–Trinajstić information content (AvgIpc) is 3.42. The molecule has 1 aliphatic heterocycles. The molecule has 0 amide bonds. The standard InChI is InChI=1S/C22H20BrN5O4S/c1-29-14-4-3-12(7-15(14)30-2)5-6-28-21-19(20(24)25-10-26-21)27-22(28)33-18-9-17-16(8-13(18)23)31-11-32-17/h3-4,7-10H,5-6,11H2,1-2H3,(H2,24,25,26). The molecule has 0 saturated heterocycles. The number of nitrogens with zero attached hydrogens (tertiary/aromatic N) is 4. The van der Waals surface area contributed by atoms with Crippen LogP contribution in [0.15, 0.2) is 51.2 Å². The van der Waals surface area contributed by atoms with E-state index in [1.807, 2.05) is 34.9 Å². The molecular formula is C22H20BrN5O4S. The second-order valence-corrected chi connectivity index (χ2v) is 9.02. The first-order valence-electron chi connectivity index (χ1n) is 10.0. The highest BCUT2D eigenvalue weighted by atomic mass is 79.9. The van der Waals surface area contributed by atoms with Crippen molar-refractivity contribution in [1.82, 2.24) is 19.5 Å². The SMILES string of the molecule is COc1ccc(CCn2c(Sc3cc4c(cc3Br)OCO4)nc3c(N)ncnc32)cc1OC. The Morgan fingerprint density at radius 3 is 2.67 bits per heavy atom. The number of fused-ring (bicyclic) bond motifs is 2. The monoisotopic (exact) mass is 529 g/mol. The molecule has 4 aromatic rings. The lowest BCUT2D eigenvalue weighted by molar-refractivity contribution is 0.174. The number of benzene rings is 2. The van der Waals surface area contributed by atoms with E-state index in [9.17, 15) is 0 Å². The van der Waals surface area contributed by atoms with Gasteiger partial charge in [-0.25, -0.2) is 15.0 Å². The summed E-state index contributed by atoms with van der Waals surface area (Å²) in [4.78, 5) is 14.2. The van der Waals surface area contributed by atoms with Crippen LogP contribution in [0.1, 0.15) is 5.56 Å². The number of halogens is 1. The summed E-state index contributed by atoms with van der Waals surface area (Å²) in [7, 11) is 3.25. The number of rotatable bonds is 7. The molecule has 2 N–H and O–H groups in total. The summed E-state index contributed by atoms with van der Waals surface area (Å²) < 4.78 is 24.7. The Balaban J connectivity index is 1.49. The summed E-state index contributed by atoms with van der Waals surface area (Å²) in [6.07, 6.45) is 2.18. The number of aromatic nitrogens is 4. The van der Waals surface area contributed by atoms with Crippen LogP contribution >= 0.6 is 27.7 Å². The van der Waals surface area contributed by atoms with Crippen molar-refractivity contribution in [2.45, 2.75) is 23.0 Å². The first-order valence-corrected chi connectivity index (χ1v) is 11.6. The Labute approximate surface area is 202 Å². The van der Waals surface area contributed by atoms with Crippen LogP contribution in [-0.2, 0) is 13.0 Å². The summed E-state index contributed by atoms with van der Waals surface area (Å²) in [5.41, 5.74) is 8.45. The molecule has 2 aromatic heterocycles. The fourth-order valence-corrected chi connectivity index (χ4v) is 5.07. The van der Waals surface area contributed by atoms with E-state index in [0.717, 1.165) is 26.5 Å². The van der Waals surface area contributed by atoms with E-state index in [1.54, 1.807) is 14.2 Å². The van der Waals surface area contributed by atoms with Gasteiger partial charge < -0.3 is 29.2 Å². The first kappa shape index (κ1) is 21.7. The highest BCUT2D eigenvalue weighted by molar-refractivity contribution is 9.10. The van der Waals surface area contributed by atoms with Gasteiger partial charge in [-0.1, -0.05) is 17.8 Å². The van der Waals surface area contributed by atoms with Crippen LogP contribution < -0.4 is 24.7 Å². The van der Waals surface area contributed by atoms with Crippen LogP contribution in [0.4, 0.5) is 5.82 Å². The Kier molecular flexibility index (Phi) is 5.90. The predicted molar refractivity (Wildman–Crippen MR) is 127 cm³/mol. The summed E-state index contributed by atoms with van der Waals surface area (Å²) in [5, 5.41) is 0.747. The van der Waals surface area contributed by atoms with Crippen molar-refractivity contribution in [3.8, 4) is 23.0 Å². The lowest BCUT2D eigenvalue weighted by Crippen LogP contribution is -2.05. The van der Waals surface area contributed by atoms with Crippen LogP contribution in [0.25, 0.3) is 11.2 Å². The van der Waals surface area contributed by atoms with Crippen LogP contribution in [0.2, 0.25) is 0 Å². The maximum atomic E-state index is 6.10. The number of nitrogen functional groups attached to an aromatic ring is 1. The van der Waals surface area contributed by atoms with Gasteiger partial charge in [0.05, 0.1) is 14.2 Å². The van der Waals surface area contributed by atoms with Gasteiger partial charge in [0.2, 0.25) is 6.79 Å². The summed E-state index contributed by atoms with van der Waals surface area (Å²) in [5.74, 6) is 3.14. The number of nitrogens with two attached hydrogens (primary N) is 1. The lowest BCUT2D eigenvalue weighted by Gasteiger charge is -2.12. The molecule has 0 saturated carbocycles. The van der Waals surface area contributed by atoms with Gasteiger partial charge in [-0.05, 0) is 52.2 Å². The van der Waals surface area contributed by atoms with Crippen molar-refractivity contribution >= 4 is 44.7 Å². The fourth-order valence-electron chi connectivity index (χ4n) is 3.57. The number of hydrogen-bond acceptors (Lipinski definition) is 9. The maximum absolute atomic E-state index is 6.10. The number of anilines is 1. The molecule has 2 aromatic carbocycles. The second kappa shape index (κ2) is 8.99. The van der Waals surface area contributed by atoms with Gasteiger partial charge in [0.15, 0.2) is 45.1 Å². The summed E-state index contributed by atoms with van der Waals surface area (Å²) in [6.45, 7) is 0.846.